The summed E-state index contributed by atoms with van der Waals surface area (Å²) in [5.74, 6) is 0. The summed E-state index contributed by atoms with van der Waals surface area (Å²) in [6.07, 6.45) is 1.10. The van der Waals surface area contributed by atoms with Gasteiger partial charge in [-0.3, -0.25) is 0 Å². The second kappa shape index (κ2) is 7.69. The molecule has 1 aliphatic heterocycles. The predicted octanol–water partition coefficient (Wildman–Crippen LogP) is 3.82. The molecule has 2 nitrogen and oxygen atoms in total. The third kappa shape index (κ3) is 4.39. The number of rotatable bonds is 5. The minimum absolute atomic E-state index is 0.337. The molecule has 112 valence electrons. The molecule has 0 radical (unpaired) electrons. The Balaban J connectivity index is 1.93. The Morgan fingerprint density at radius 3 is 2.55 bits per heavy atom. The number of nitrogens with zero attached hydrogens (tertiary/aromatic N) is 1. The molecule has 3 atom stereocenters. The largest absolute Gasteiger partial charge is 0.313 e. The van der Waals surface area contributed by atoms with E-state index in [1.54, 1.807) is 0 Å². The molecular weight excluding hydrogens is 288 g/mol. The third-order valence-electron chi connectivity index (χ3n) is 3.86. The summed E-state index contributed by atoms with van der Waals surface area (Å²) >= 11 is 8.41. The molecule has 0 bridgehead atoms. The van der Waals surface area contributed by atoms with E-state index in [9.17, 15) is 0 Å². The van der Waals surface area contributed by atoms with Gasteiger partial charge in [0.25, 0.3) is 0 Å². The summed E-state index contributed by atoms with van der Waals surface area (Å²) in [6, 6.07) is 8.49. The molecule has 0 saturated carbocycles. The van der Waals surface area contributed by atoms with Crippen LogP contribution in [0.1, 0.15) is 31.9 Å². The lowest BCUT2D eigenvalue weighted by atomic mass is 10.0. The van der Waals surface area contributed by atoms with Gasteiger partial charge in [-0.05, 0) is 25.1 Å². The fourth-order valence-electron chi connectivity index (χ4n) is 2.99. The zero-order valence-electron chi connectivity index (χ0n) is 12.6. The number of nitrogens with one attached hydrogen (secondary N) is 1. The highest BCUT2D eigenvalue weighted by Gasteiger charge is 2.23. The van der Waals surface area contributed by atoms with E-state index in [2.05, 4.69) is 48.0 Å². The smallest absolute Gasteiger partial charge is 0.0453 e. The Labute approximate surface area is 132 Å². The molecule has 2 rings (SSSR count). The lowest BCUT2D eigenvalue weighted by Crippen LogP contribution is -2.41. The highest BCUT2D eigenvalue weighted by atomic mass is 35.5. The van der Waals surface area contributed by atoms with Gasteiger partial charge < -0.3 is 10.2 Å². The number of hydrogen-bond acceptors (Lipinski definition) is 3. The van der Waals surface area contributed by atoms with Crippen LogP contribution in [-0.2, 0) is 0 Å². The van der Waals surface area contributed by atoms with Crippen LogP contribution in [0.2, 0.25) is 5.02 Å². The first-order chi connectivity index (χ1) is 9.60. The molecule has 1 fully saturated rings. The van der Waals surface area contributed by atoms with Gasteiger partial charge in [0.2, 0.25) is 0 Å². The van der Waals surface area contributed by atoms with Crippen LogP contribution < -0.4 is 5.32 Å². The monoisotopic (exact) mass is 312 g/mol. The fourth-order valence-corrected chi connectivity index (χ4v) is 4.65. The second-order valence-electron chi connectivity index (χ2n) is 5.67. The first-order valence-corrected chi connectivity index (χ1v) is 8.71. The molecule has 0 amide bonds. The average Bonchev–Trinajstić information content (AvgIpc) is 2.40. The van der Waals surface area contributed by atoms with Crippen molar-refractivity contribution in [3.05, 3.63) is 34.9 Å². The van der Waals surface area contributed by atoms with E-state index in [0.717, 1.165) is 28.5 Å². The average molecular weight is 313 g/mol. The van der Waals surface area contributed by atoms with Crippen molar-refractivity contribution in [2.45, 2.75) is 36.8 Å². The van der Waals surface area contributed by atoms with Gasteiger partial charge in [0, 0.05) is 41.2 Å². The van der Waals surface area contributed by atoms with Gasteiger partial charge >= 0.3 is 0 Å². The maximum absolute atomic E-state index is 6.31. The summed E-state index contributed by atoms with van der Waals surface area (Å²) in [5, 5.41) is 5.75. The molecule has 3 unspecified atom stereocenters. The van der Waals surface area contributed by atoms with Gasteiger partial charge in [0.05, 0.1) is 0 Å². The Bertz CT molecular complexity index is 417. The Morgan fingerprint density at radius 2 is 1.95 bits per heavy atom. The topological polar surface area (TPSA) is 15.3 Å². The summed E-state index contributed by atoms with van der Waals surface area (Å²) in [4.78, 5) is 2.59. The van der Waals surface area contributed by atoms with Gasteiger partial charge in [-0.1, -0.05) is 43.6 Å². The fraction of sp³-hybridized carbons (Fsp3) is 0.625. The van der Waals surface area contributed by atoms with Crippen LogP contribution in [0.4, 0.5) is 0 Å². The molecule has 1 heterocycles. The molecule has 0 spiro atoms. The molecule has 1 aliphatic rings. The number of hydrogen-bond donors (Lipinski definition) is 1. The van der Waals surface area contributed by atoms with Crippen LogP contribution in [0.5, 0.6) is 0 Å². The molecule has 1 aromatic rings. The first kappa shape index (κ1) is 16.2. The quantitative estimate of drug-likeness (QED) is 0.890. The van der Waals surface area contributed by atoms with Crippen molar-refractivity contribution in [1.82, 2.24) is 10.2 Å². The molecule has 20 heavy (non-hydrogen) atoms. The van der Waals surface area contributed by atoms with E-state index in [0.29, 0.717) is 6.04 Å². The lowest BCUT2D eigenvalue weighted by Gasteiger charge is -2.35. The number of halogens is 1. The van der Waals surface area contributed by atoms with Crippen LogP contribution in [-0.4, -0.2) is 42.1 Å². The van der Waals surface area contributed by atoms with Crippen molar-refractivity contribution in [2.75, 3.05) is 26.7 Å². The van der Waals surface area contributed by atoms with Gasteiger partial charge in [-0.2, -0.15) is 11.8 Å². The minimum Gasteiger partial charge on any atom is -0.313 e. The lowest BCUT2D eigenvalue weighted by molar-refractivity contribution is 0.256. The number of benzene rings is 1. The van der Waals surface area contributed by atoms with Crippen LogP contribution in [0, 0.1) is 0 Å². The van der Waals surface area contributed by atoms with E-state index in [1.807, 2.05) is 19.2 Å². The standard InChI is InChI=1S/C16H25ClN2S/c1-12-10-19(11-13(2)20-12)9-8-16(18-3)14-6-4-5-7-15(14)17/h4-7,12-13,16,18H,8-11H2,1-3H3. The van der Waals surface area contributed by atoms with Crippen molar-refractivity contribution >= 4 is 23.4 Å². The van der Waals surface area contributed by atoms with E-state index in [4.69, 9.17) is 11.6 Å². The van der Waals surface area contributed by atoms with E-state index in [1.165, 1.54) is 18.7 Å². The third-order valence-corrected chi connectivity index (χ3v) is 5.43. The maximum Gasteiger partial charge on any atom is 0.0453 e. The van der Waals surface area contributed by atoms with Gasteiger partial charge in [0.1, 0.15) is 0 Å². The van der Waals surface area contributed by atoms with Crippen molar-refractivity contribution < 1.29 is 0 Å². The maximum atomic E-state index is 6.31. The van der Waals surface area contributed by atoms with Crippen molar-refractivity contribution in [3.8, 4) is 0 Å². The SMILES string of the molecule is CNC(CCN1CC(C)SC(C)C1)c1ccccc1Cl. The molecule has 4 heteroatoms. The normalized spacial score (nSPS) is 25.6. The number of thioether (sulfide) groups is 1. The van der Waals surface area contributed by atoms with E-state index < -0.39 is 0 Å². The zero-order valence-corrected chi connectivity index (χ0v) is 14.2. The summed E-state index contributed by atoms with van der Waals surface area (Å²) in [5.41, 5.74) is 1.21. The highest BCUT2D eigenvalue weighted by molar-refractivity contribution is 8.00. The Hall–Kier alpha value is -0.220. The van der Waals surface area contributed by atoms with Gasteiger partial charge in [-0.25, -0.2) is 0 Å². The van der Waals surface area contributed by atoms with Gasteiger partial charge in [0.15, 0.2) is 0 Å². The predicted molar refractivity (Wildman–Crippen MR) is 90.8 cm³/mol. The highest BCUT2D eigenvalue weighted by Crippen LogP contribution is 2.27. The molecular formula is C16H25ClN2S. The zero-order chi connectivity index (χ0) is 14.5. The Kier molecular flexibility index (Phi) is 6.21. The summed E-state index contributed by atoms with van der Waals surface area (Å²) < 4.78 is 0. The minimum atomic E-state index is 0.337. The van der Waals surface area contributed by atoms with Crippen molar-refractivity contribution in [3.63, 3.8) is 0 Å². The molecule has 0 aliphatic carbocycles. The van der Waals surface area contributed by atoms with E-state index in [-0.39, 0.29) is 0 Å². The van der Waals surface area contributed by atoms with Gasteiger partial charge in [-0.15, -0.1) is 0 Å². The molecule has 1 saturated heterocycles. The first-order valence-electron chi connectivity index (χ1n) is 7.39. The molecule has 0 aromatic heterocycles. The van der Waals surface area contributed by atoms with Crippen LogP contribution in [0.15, 0.2) is 24.3 Å². The molecule has 1 aromatic carbocycles. The van der Waals surface area contributed by atoms with Crippen molar-refractivity contribution in [2.24, 2.45) is 0 Å². The van der Waals surface area contributed by atoms with Crippen LogP contribution in [0.3, 0.4) is 0 Å². The second-order valence-corrected chi connectivity index (χ2v) is 7.96. The van der Waals surface area contributed by atoms with Crippen molar-refractivity contribution in [1.29, 1.82) is 0 Å². The van der Waals surface area contributed by atoms with Crippen LogP contribution in [0.25, 0.3) is 0 Å². The van der Waals surface area contributed by atoms with Crippen LogP contribution >= 0.6 is 23.4 Å². The Morgan fingerprint density at radius 1 is 1.30 bits per heavy atom. The summed E-state index contributed by atoms with van der Waals surface area (Å²) in [7, 11) is 2.02. The summed E-state index contributed by atoms with van der Waals surface area (Å²) in [6.45, 7) is 8.20. The van der Waals surface area contributed by atoms with E-state index >= 15 is 0 Å². The molecule has 1 N–H and O–H groups in total.